The van der Waals surface area contributed by atoms with Crippen LogP contribution in [0.3, 0.4) is 0 Å². The molecule has 2 fully saturated rings. The topological polar surface area (TPSA) is 104 Å². The molecule has 8 nitrogen and oxygen atoms in total. The van der Waals surface area contributed by atoms with Crippen molar-refractivity contribution < 1.29 is 31.5 Å². The van der Waals surface area contributed by atoms with Crippen molar-refractivity contribution in [1.82, 2.24) is 14.8 Å². The number of alkyl halides is 5. The SMILES string of the molecule is C=C([C@H]1CC[C@@H]2N(C1)C(=O)CCC2(F)F)N1C=CN=C(N)/C1=C(\c1ccc(C(=O)Nc2cc(C(F)(F)F)ccn2)cc1)C(C)CC. The molecule has 46 heavy (non-hydrogen) atoms. The molecule has 3 aliphatic heterocycles. The average Bonchev–Trinajstić information content (AvgIpc) is 3.03. The van der Waals surface area contributed by atoms with Gasteiger partial charge in [0.05, 0.1) is 17.3 Å². The molecule has 13 heteroatoms. The monoisotopic (exact) mass is 642 g/mol. The third-order valence-electron chi connectivity index (χ3n) is 8.90. The van der Waals surface area contributed by atoms with Gasteiger partial charge in [0, 0.05) is 55.2 Å². The first-order valence-electron chi connectivity index (χ1n) is 15.1. The van der Waals surface area contributed by atoms with Crippen LogP contribution in [0.15, 0.2) is 78.0 Å². The molecule has 0 bridgehead atoms. The van der Waals surface area contributed by atoms with Crippen LogP contribution < -0.4 is 11.1 Å². The number of halogens is 5. The quantitative estimate of drug-likeness (QED) is 0.323. The maximum absolute atomic E-state index is 14.6. The van der Waals surface area contributed by atoms with Crippen molar-refractivity contribution in [3.8, 4) is 0 Å². The van der Waals surface area contributed by atoms with Gasteiger partial charge in [-0.2, -0.15) is 13.2 Å². The Morgan fingerprint density at radius 1 is 1.17 bits per heavy atom. The van der Waals surface area contributed by atoms with E-state index in [2.05, 4.69) is 21.9 Å². The van der Waals surface area contributed by atoms with E-state index in [1.165, 1.54) is 11.1 Å². The van der Waals surface area contributed by atoms with Crippen LogP contribution in [-0.2, 0) is 11.0 Å². The van der Waals surface area contributed by atoms with Crippen molar-refractivity contribution in [2.45, 2.75) is 64.1 Å². The van der Waals surface area contributed by atoms with Gasteiger partial charge in [0.15, 0.2) is 0 Å². The molecule has 2 aromatic rings. The van der Waals surface area contributed by atoms with Crippen LogP contribution >= 0.6 is 0 Å². The van der Waals surface area contributed by atoms with Gasteiger partial charge in [-0.25, -0.2) is 18.8 Å². The molecule has 0 aliphatic carbocycles. The highest BCUT2D eigenvalue weighted by atomic mass is 19.4. The minimum absolute atomic E-state index is 0.0577. The zero-order valence-corrected chi connectivity index (χ0v) is 25.5. The summed E-state index contributed by atoms with van der Waals surface area (Å²) >= 11 is 0. The molecule has 2 amide bonds. The summed E-state index contributed by atoms with van der Waals surface area (Å²) in [5.41, 5.74) is 8.42. The van der Waals surface area contributed by atoms with Crippen LogP contribution in [0.4, 0.5) is 27.8 Å². The van der Waals surface area contributed by atoms with Crippen molar-refractivity contribution in [3.05, 3.63) is 89.7 Å². The molecule has 4 heterocycles. The maximum atomic E-state index is 14.6. The van der Waals surface area contributed by atoms with E-state index < -0.39 is 36.0 Å². The number of piperidine rings is 2. The fourth-order valence-corrected chi connectivity index (χ4v) is 6.21. The number of nitrogens with one attached hydrogen (secondary N) is 1. The van der Waals surface area contributed by atoms with E-state index in [9.17, 15) is 31.5 Å². The summed E-state index contributed by atoms with van der Waals surface area (Å²) in [6, 6.07) is 7.00. The average molecular weight is 643 g/mol. The lowest BCUT2D eigenvalue weighted by Gasteiger charge is -2.47. The van der Waals surface area contributed by atoms with Crippen molar-refractivity contribution in [1.29, 1.82) is 0 Å². The van der Waals surface area contributed by atoms with Gasteiger partial charge in [-0.15, -0.1) is 0 Å². The number of allylic oxidation sites excluding steroid dienone is 1. The Balaban J connectivity index is 1.43. The fraction of sp³-hybridized carbons (Fsp3) is 0.394. The lowest BCUT2D eigenvalue weighted by atomic mass is 9.83. The number of hydrogen-bond donors (Lipinski definition) is 2. The van der Waals surface area contributed by atoms with E-state index >= 15 is 0 Å². The van der Waals surface area contributed by atoms with Crippen LogP contribution in [0.2, 0.25) is 0 Å². The Kier molecular flexibility index (Phi) is 9.05. The Morgan fingerprint density at radius 3 is 2.54 bits per heavy atom. The molecule has 0 spiro atoms. The summed E-state index contributed by atoms with van der Waals surface area (Å²) in [6.07, 6.45) is 0.276. The number of anilines is 1. The molecular formula is C33H35F5N6O2. The Hall–Kier alpha value is -4.55. The molecule has 3 atom stereocenters. The fourth-order valence-electron chi connectivity index (χ4n) is 6.21. The van der Waals surface area contributed by atoms with E-state index in [1.54, 1.807) is 35.4 Å². The number of benzene rings is 1. The number of rotatable bonds is 7. The van der Waals surface area contributed by atoms with Gasteiger partial charge in [0.25, 0.3) is 11.8 Å². The summed E-state index contributed by atoms with van der Waals surface area (Å²) < 4.78 is 68.6. The Labute approximate surface area is 263 Å². The van der Waals surface area contributed by atoms with Crippen LogP contribution in [0.5, 0.6) is 0 Å². The molecule has 0 saturated carbocycles. The first-order chi connectivity index (χ1) is 21.7. The minimum Gasteiger partial charge on any atom is -0.382 e. The summed E-state index contributed by atoms with van der Waals surface area (Å²) in [7, 11) is 0. The van der Waals surface area contributed by atoms with Crippen molar-refractivity contribution in [3.63, 3.8) is 0 Å². The second kappa shape index (κ2) is 12.7. The van der Waals surface area contributed by atoms with Gasteiger partial charge >= 0.3 is 6.18 Å². The molecule has 0 radical (unpaired) electrons. The summed E-state index contributed by atoms with van der Waals surface area (Å²) in [6.45, 7) is 8.45. The number of amides is 2. The summed E-state index contributed by atoms with van der Waals surface area (Å²) in [4.78, 5) is 36.8. The highest BCUT2D eigenvalue weighted by Crippen LogP contribution is 2.43. The van der Waals surface area contributed by atoms with Crippen LogP contribution in [-0.4, -0.2) is 50.9 Å². The summed E-state index contributed by atoms with van der Waals surface area (Å²) in [5, 5.41) is 2.41. The zero-order valence-electron chi connectivity index (χ0n) is 25.5. The maximum Gasteiger partial charge on any atom is 0.416 e. The Bertz CT molecular complexity index is 1610. The van der Waals surface area contributed by atoms with E-state index in [1.807, 2.05) is 13.8 Å². The minimum atomic E-state index is -4.58. The normalized spacial score (nSPS) is 22.9. The predicted molar refractivity (Wildman–Crippen MR) is 164 cm³/mol. The zero-order chi connectivity index (χ0) is 33.4. The van der Waals surface area contributed by atoms with Gasteiger partial charge in [0.2, 0.25) is 5.91 Å². The number of hydrogen-bond acceptors (Lipinski definition) is 6. The van der Waals surface area contributed by atoms with E-state index in [0.717, 1.165) is 29.5 Å². The van der Waals surface area contributed by atoms with Gasteiger partial charge in [-0.3, -0.25) is 9.59 Å². The molecular weight excluding hydrogens is 607 g/mol. The lowest BCUT2D eigenvalue weighted by Crippen LogP contribution is -2.59. The highest BCUT2D eigenvalue weighted by Gasteiger charge is 2.51. The van der Waals surface area contributed by atoms with E-state index in [-0.39, 0.29) is 54.3 Å². The lowest BCUT2D eigenvalue weighted by molar-refractivity contribution is -0.167. The van der Waals surface area contributed by atoms with Gasteiger partial charge in [-0.1, -0.05) is 32.6 Å². The molecule has 2 saturated heterocycles. The number of pyridine rings is 1. The first-order valence-corrected chi connectivity index (χ1v) is 15.1. The number of nitrogens with zero attached hydrogens (tertiary/aromatic N) is 4. The van der Waals surface area contributed by atoms with Crippen molar-refractivity contribution in [2.24, 2.45) is 22.6 Å². The molecule has 1 aromatic heterocycles. The Morgan fingerprint density at radius 2 is 1.87 bits per heavy atom. The third-order valence-corrected chi connectivity index (χ3v) is 8.90. The van der Waals surface area contributed by atoms with Crippen molar-refractivity contribution in [2.75, 3.05) is 11.9 Å². The van der Waals surface area contributed by atoms with Crippen LogP contribution in [0, 0.1) is 11.8 Å². The third kappa shape index (κ3) is 6.54. The number of carbonyl (C=O) groups is 2. The van der Waals surface area contributed by atoms with Crippen LogP contribution in [0.25, 0.3) is 5.57 Å². The molecule has 3 aliphatic rings. The van der Waals surface area contributed by atoms with Crippen LogP contribution in [0.1, 0.15) is 67.4 Å². The molecule has 1 unspecified atom stereocenters. The van der Waals surface area contributed by atoms with Gasteiger partial charge in [0.1, 0.15) is 11.7 Å². The predicted octanol–water partition coefficient (Wildman–Crippen LogP) is 6.80. The van der Waals surface area contributed by atoms with Crippen molar-refractivity contribution >= 4 is 29.0 Å². The molecule has 1 aromatic carbocycles. The second-order valence-corrected chi connectivity index (χ2v) is 11.8. The van der Waals surface area contributed by atoms with E-state index in [4.69, 9.17) is 5.73 Å². The highest BCUT2D eigenvalue weighted by molar-refractivity contribution is 6.06. The molecule has 3 N–H and O–H groups in total. The summed E-state index contributed by atoms with van der Waals surface area (Å²) in [5.74, 6) is -4.22. The number of fused-ring (bicyclic) bond motifs is 1. The number of amidine groups is 1. The molecule has 5 rings (SSSR count). The van der Waals surface area contributed by atoms with Gasteiger partial charge < -0.3 is 20.9 Å². The second-order valence-electron chi connectivity index (χ2n) is 11.8. The smallest absolute Gasteiger partial charge is 0.382 e. The molecule has 244 valence electrons. The number of nitrogens with two attached hydrogens (primary N) is 1. The largest absolute Gasteiger partial charge is 0.416 e. The standard InChI is InChI=1S/C33H35F5N6O2/c1-4-19(2)28(21-5-7-22(8-6-21)31(46)42-26-17-24(12-14-40-26)33(36,37)38)29-30(39)41-15-16-43(29)20(3)23-9-10-25-32(34,35)13-11-27(45)44(25)18-23/h5-8,12,14-17,19,23,25H,3-4,9-11,13,18H2,1-2H3,(H2,39,41)(H,40,42,46)/b29-28+/t19?,23-,25-/m0/s1. The number of aromatic nitrogens is 1. The van der Waals surface area contributed by atoms with E-state index in [0.29, 0.717) is 24.2 Å². The van der Waals surface area contributed by atoms with Gasteiger partial charge in [-0.05, 0) is 60.6 Å². The number of carbonyl (C=O) groups excluding carboxylic acids is 2. The first kappa shape index (κ1) is 32.8. The number of aliphatic imine (C=N–C) groups is 1.